The van der Waals surface area contributed by atoms with Gasteiger partial charge in [0.05, 0.1) is 12.4 Å². The molecule has 0 atom stereocenters. The van der Waals surface area contributed by atoms with Crippen molar-refractivity contribution in [3.63, 3.8) is 0 Å². The largest absolute Gasteiger partial charge is 0.480 e. The lowest BCUT2D eigenvalue weighted by Gasteiger charge is -2.07. The molecule has 1 aromatic rings. The summed E-state index contributed by atoms with van der Waals surface area (Å²) < 4.78 is 29.3. The minimum atomic E-state index is -3.57. The van der Waals surface area contributed by atoms with Crippen LogP contribution in [0.4, 0.5) is 0 Å². The number of hydrogen-bond donors (Lipinski definition) is 2. The summed E-state index contributed by atoms with van der Waals surface area (Å²) in [7, 11) is -3.57. The first-order valence-corrected chi connectivity index (χ1v) is 8.91. The number of hydrogen-bond acceptors (Lipinski definition) is 5. The van der Waals surface area contributed by atoms with Crippen LogP contribution in [0.3, 0.4) is 0 Å². The van der Waals surface area contributed by atoms with Gasteiger partial charge >= 0.3 is 5.97 Å². The van der Waals surface area contributed by atoms with Crippen molar-refractivity contribution in [2.45, 2.75) is 5.75 Å². The normalized spacial score (nSPS) is 11.1. The van der Waals surface area contributed by atoms with Crippen LogP contribution in [-0.2, 0) is 29.9 Å². The summed E-state index contributed by atoms with van der Waals surface area (Å²) in [5.41, 5.74) is 0.598. The molecule has 0 saturated carbocycles. The predicted octanol–water partition coefficient (Wildman–Crippen LogP) is 0.581. The van der Waals surface area contributed by atoms with Gasteiger partial charge in [0.25, 0.3) is 0 Å². The average molecular weight is 394 g/mol. The molecule has 0 bridgehead atoms. The Morgan fingerprint density at radius 2 is 1.86 bits per heavy atom. The van der Waals surface area contributed by atoms with Crippen molar-refractivity contribution in [1.82, 2.24) is 5.32 Å². The lowest BCUT2D eigenvalue weighted by molar-refractivity contribution is -0.142. The van der Waals surface area contributed by atoms with Gasteiger partial charge < -0.3 is 15.2 Å². The average Bonchev–Trinajstić information content (AvgIpc) is 2.39. The first kappa shape index (κ1) is 18.6. The molecule has 1 rings (SSSR count). The maximum Gasteiger partial charge on any atom is 0.329 e. The summed E-state index contributed by atoms with van der Waals surface area (Å²) in [5.74, 6) is -2.59. The van der Waals surface area contributed by atoms with Crippen molar-refractivity contribution in [2.24, 2.45) is 0 Å². The molecular formula is C13H16BrNO6S. The molecule has 0 radical (unpaired) electrons. The van der Waals surface area contributed by atoms with Gasteiger partial charge in [0, 0.05) is 11.0 Å². The summed E-state index contributed by atoms with van der Waals surface area (Å²) in [6.07, 6.45) is 0. The second kappa shape index (κ2) is 8.86. The molecule has 0 saturated heterocycles. The van der Waals surface area contributed by atoms with Crippen LogP contribution >= 0.6 is 15.9 Å². The predicted molar refractivity (Wildman–Crippen MR) is 83.1 cm³/mol. The lowest BCUT2D eigenvalue weighted by Crippen LogP contribution is -2.33. The summed E-state index contributed by atoms with van der Waals surface area (Å²) in [5, 5.41) is 10.7. The minimum Gasteiger partial charge on any atom is -0.480 e. The fourth-order valence-electron chi connectivity index (χ4n) is 1.56. The third kappa shape index (κ3) is 8.11. The number of benzene rings is 1. The number of carboxylic acids is 1. The first-order valence-electron chi connectivity index (χ1n) is 6.29. The molecule has 0 aliphatic heterocycles. The highest BCUT2D eigenvalue weighted by molar-refractivity contribution is 9.10. The number of amides is 1. The highest BCUT2D eigenvalue weighted by Crippen LogP contribution is 2.13. The zero-order valence-corrected chi connectivity index (χ0v) is 14.0. The summed E-state index contributed by atoms with van der Waals surface area (Å²) in [6.45, 7) is -0.400. The van der Waals surface area contributed by atoms with Crippen LogP contribution < -0.4 is 5.32 Å². The number of nitrogens with one attached hydrogen (secondary N) is 1. The van der Waals surface area contributed by atoms with Crippen molar-refractivity contribution < 1.29 is 27.9 Å². The Hall–Kier alpha value is -1.45. The molecule has 7 nitrogen and oxygen atoms in total. The van der Waals surface area contributed by atoms with E-state index in [1.54, 1.807) is 24.3 Å². The van der Waals surface area contributed by atoms with Crippen molar-refractivity contribution in [1.29, 1.82) is 0 Å². The molecule has 1 amide bonds. The van der Waals surface area contributed by atoms with E-state index in [4.69, 9.17) is 9.84 Å². The summed E-state index contributed by atoms with van der Waals surface area (Å²) >= 11 is 3.25. The number of aliphatic carboxylic acids is 1. The van der Waals surface area contributed by atoms with Gasteiger partial charge in [-0.25, -0.2) is 13.2 Å². The molecule has 0 aliphatic rings. The van der Waals surface area contributed by atoms with Crippen LogP contribution in [0.15, 0.2) is 28.7 Å². The standard InChI is InChI=1S/C13H16BrNO6S/c14-11-3-1-10(2-4-11)8-22(19,20)9-12(16)15-5-6-21-7-13(17)18/h1-4H,5-9H2,(H,15,16)(H,17,18). The monoisotopic (exact) mass is 393 g/mol. The second-order valence-corrected chi connectivity index (χ2v) is 7.44. The van der Waals surface area contributed by atoms with Gasteiger partial charge in [0.1, 0.15) is 12.4 Å². The number of carbonyl (C=O) groups excluding carboxylic acids is 1. The number of ether oxygens (including phenoxy) is 1. The Morgan fingerprint density at radius 3 is 2.45 bits per heavy atom. The molecular weight excluding hydrogens is 378 g/mol. The van der Waals surface area contributed by atoms with E-state index >= 15 is 0 Å². The maximum absolute atomic E-state index is 11.9. The zero-order valence-electron chi connectivity index (χ0n) is 11.6. The fourth-order valence-corrected chi connectivity index (χ4v) is 3.13. The van der Waals surface area contributed by atoms with E-state index < -0.39 is 34.1 Å². The van der Waals surface area contributed by atoms with Gasteiger partial charge in [-0.3, -0.25) is 4.79 Å². The van der Waals surface area contributed by atoms with E-state index in [-0.39, 0.29) is 18.9 Å². The van der Waals surface area contributed by atoms with Crippen LogP contribution in [0.5, 0.6) is 0 Å². The smallest absolute Gasteiger partial charge is 0.329 e. The van der Waals surface area contributed by atoms with E-state index in [9.17, 15) is 18.0 Å². The van der Waals surface area contributed by atoms with Crippen LogP contribution in [0.2, 0.25) is 0 Å². The molecule has 9 heteroatoms. The number of halogens is 1. The molecule has 2 N–H and O–H groups in total. The Morgan fingerprint density at radius 1 is 1.23 bits per heavy atom. The Bertz CT molecular complexity index is 614. The third-order valence-electron chi connectivity index (χ3n) is 2.44. The zero-order chi connectivity index (χ0) is 16.6. The highest BCUT2D eigenvalue weighted by atomic mass is 79.9. The molecule has 0 unspecified atom stereocenters. The first-order chi connectivity index (χ1) is 10.3. The highest BCUT2D eigenvalue weighted by Gasteiger charge is 2.17. The van der Waals surface area contributed by atoms with Crippen LogP contribution in [0.1, 0.15) is 5.56 Å². The Labute approximate surface area is 136 Å². The molecule has 0 aliphatic carbocycles. The summed E-state index contributed by atoms with van der Waals surface area (Å²) in [6, 6.07) is 6.79. The van der Waals surface area contributed by atoms with E-state index in [1.807, 2.05) is 0 Å². The molecule has 122 valence electrons. The Balaban J connectivity index is 2.35. The van der Waals surface area contributed by atoms with Crippen LogP contribution in [0.25, 0.3) is 0 Å². The SMILES string of the molecule is O=C(O)COCCNC(=O)CS(=O)(=O)Cc1ccc(Br)cc1. The fraction of sp³-hybridized carbons (Fsp3) is 0.385. The topological polar surface area (TPSA) is 110 Å². The molecule has 0 heterocycles. The van der Waals surface area contributed by atoms with Crippen molar-refractivity contribution in [3.8, 4) is 0 Å². The second-order valence-electron chi connectivity index (χ2n) is 4.45. The van der Waals surface area contributed by atoms with E-state index in [0.717, 1.165) is 4.47 Å². The van der Waals surface area contributed by atoms with E-state index in [1.165, 1.54) is 0 Å². The van der Waals surface area contributed by atoms with E-state index in [2.05, 4.69) is 21.2 Å². The molecule has 0 fully saturated rings. The number of carboxylic acid groups (broad SMARTS) is 1. The molecule has 0 aromatic heterocycles. The van der Waals surface area contributed by atoms with Gasteiger partial charge in [0.15, 0.2) is 9.84 Å². The number of sulfone groups is 1. The van der Waals surface area contributed by atoms with Gasteiger partial charge in [-0.1, -0.05) is 28.1 Å². The van der Waals surface area contributed by atoms with E-state index in [0.29, 0.717) is 5.56 Å². The van der Waals surface area contributed by atoms with Gasteiger partial charge in [0.2, 0.25) is 5.91 Å². The molecule has 0 spiro atoms. The van der Waals surface area contributed by atoms with Crippen molar-refractivity contribution in [3.05, 3.63) is 34.3 Å². The van der Waals surface area contributed by atoms with Gasteiger partial charge in [-0.05, 0) is 17.7 Å². The van der Waals surface area contributed by atoms with Gasteiger partial charge in [-0.2, -0.15) is 0 Å². The lowest BCUT2D eigenvalue weighted by atomic mass is 10.2. The quantitative estimate of drug-likeness (QED) is 0.593. The number of rotatable bonds is 9. The maximum atomic E-state index is 11.9. The van der Waals surface area contributed by atoms with Gasteiger partial charge in [-0.15, -0.1) is 0 Å². The minimum absolute atomic E-state index is 0.00476. The Kier molecular flexibility index (Phi) is 7.49. The van der Waals surface area contributed by atoms with Crippen molar-refractivity contribution >= 4 is 37.6 Å². The number of carbonyl (C=O) groups is 2. The molecule has 22 heavy (non-hydrogen) atoms. The summed E-state index contributed by atoms with van der Waals surface area (Å²) in [4.78, 5) is 21.7. The van der Waals surface area contributed by atoms with Crippen LogP contribution in [0, 0.1) is 0 Å². The third-order valence-corrected chi connectivity index (χ3v) is 4.45. The van der Waals surface area contributed by atoms with Crippen molar-refractivity contribution in [2.75, 3.05) is 25.5 Å². The molecule has 1 aromatic carbocycles. The van der Waals surface area contributed by atoms with Crippen LogP contribution in [-0.4, -0.2) is 50.9 Å².